The molecule has 0 saturated heterocycles. The number of phenols is 1. The molecule has 0 spiro atoms. The molecule has 0 radical (unpaired) electrons. The Balaban J connectivity index is 2.66. The molecule has 2 rings (SSSR count). The maximum atomic E-state index is 10.4. The van der Waals surface area contributed by atoms with E-state index in [0.29, 0.717) is 5.75 Å². The Hall–Kier alpha value is -1.70. The zero-order valence-corrected chi connectivity index (χ0v) is 10.8. The second-order valence-corrected chi connectivity index (χ2v) is 5.54. The minimum absolute atomic E-state index is 0.0581. The summed E-state index contributed by atoms with van der Waals surface area (Å²) >= 11 is 0. The van der Waals surface area contributed by atoms with Crippen LogP contribution in [0.2, 0.25) is 0 Å². The lowest BCUT2D eigenvalue weighted by molar-refractivity contribution is 0.448. The second-order valence-electron chi connectivity index (χ2n) is 5.54. The van der Waals surface area contributed by atoms with Gasteiger partial charge in [0.05, 0.1) is 0 Å². The molecule has 2 heteroatoms. The number of rotatable bonds is 1. The molecule has 17 heavy (non-hydrogen) atoms. The van der Waals surface area contributed by atoms with E-state index in [0.717, 1.165) is 22.4 Å². The van der Waals surface area contributed by atoms with Gasteiger partial charge in [-0.15, -0.1) is 0 Å². The Bertz CT molecular complexity index is 519. The van der Waals surface area contributed by atoms with Crippen LogP contribution >= 0.6 is 0 Å². The van der Waals surface area contributed by atoms with Crippen LogP contribution in [0.4, 0.5) is 0 Å². The summed E-state index contributed by atoms with van der Waals surface area (Å²) in [5, 5.41) is 10.4. The van der Waals surface area contributed by atoms with Crippen molar-refractivity contribution in [3.63, 3.8) is 0 Å². The molecule has 0 fully saturated rings. The largest absolute Gasteiger partial charge is 0.507 e. The third-order valence-corrected chi connectivity index (χ3v) is 2.95. The molecule has 90 valence electrons. The first-order chi connectivity index (χ1) is 7.89. The van der Waals surface area contributed by atoms with Gasteiger partial charge in [0.1, 0.15) is 5.75 Å². The highest BCUT2D eigenvalue weighted by Crippen LogP contribution is 2.38. The lowest BCUT2D eigenvalue weighted by Crippen LogP contribution is -2.12. The summed E-state index contributed by atoms with van der Waals surface area (Å²) in [5.41, 5.74) is 3.92. The van der Waals surface area contributed by atoms with Crippen LogP contribution in [0.25, 0.3) is 11.3 Å². The Morgan fingerprint density at radius 3 is 2.41 bits per heavy atom. The standard InChI is InChI=1S/C15H19NO/c1-10-8-11(13-6-5-7-16-13)14(17)12(9-10)15(2,3)4/h5-9,16-17H,1-4H3. The van der Waals surface area contributed by atoms with Crippen LogP contribution in [0.3, 0.4) is 0 Å². The molecule has 1 aromatic carbocycles. The van der Waals surface area contributed by atoms with E-state index >= 15 is 0 Å². The van der Waals surface area contributed by atoms with Gasteiger partial charge in [0, 0.05) is 23.0 Å². The Morgan fingerprint density at radius 2 is 1.88 bits per heavy atom. The van der Waals surface area contributed by atoms with Gasteiger partial charge in [0.25, 0.3) is 0 Å². The predicted molar refractivity (Wildman–Crippen MR) is 71.3 cm³/mol. The van der Waals surface area contributed by atoms with Crippen molar-refractivity contribution in [2.45, 2.75) is 33.1 Å². The van der Waals surface area contributed by atoms with Gasteiger partial charge in [-0.25, -0.2) is 0 Å². The van der Waals surface area contributed by atoms with E-state index in [4.69, 9.17) is 0 Å². The van der Waals surface area contributed by atoms with Crippen molar-refractivity contribution in [3.8, 4) is 17.0 Å². The molecule has 0 aliphatic rings. The lowest BCUT2D eigenvalue weighted by atomic mass is 9.84. The molecule has 0 aliphatic heterocycles. The van der Waals surface area contributed by atoms with E-state index in [2.05, 4.69) is 38.7 Å². The molecular formula is C15H19NO. The average Bonchev–Trinajstić information content (AvgIpc) is 2.72. The predicted octanol–water partition coefficient (Wildman–Crippen LogP) is 3.99. The minimum Gasteiger partial charge on any atom is -0.507 e. The number of hydrogen-bond donors (Lipinski definition) is 2. The smallest absolute Gasteiger partial charge is 0.128 e. The monoisotopic (exact) mass is 229 g/mol. The Morgan fingerprint density at radius 1 is 1.18 bits per heavy atom. The number of H-pyrrole nitrogens is 1. The van der Waals surface area contributed by atoms with Crippen molar-refractivity contribution in [1.82, 2.24) is 4.98 Å². The molecule has 0 aliphatic carbocycles. The molecule has 0 saturated carbocycles. The summed E-state index contributed by atoms with van der Waals surface area (Å²) in [5.74, 6) is 0.380. The molecule has 0 bridgehead atoms. The SMILES string of the molecule is Cc1cc(-c2ccc[nH]2)c(O)c(C(C)(C)C)c1. The summed E-state index contributed by atoms with van der Waals surface area (Å²) < 4.78 is 0. The van der Waals surface area contributed by atoms with Gasteiger partial charge in [-0.3, -0.25) is 0 Å². The quantitative estimate of drug-likeness (QED) is 0.762. The van der Waals surface area contributed by atoms with Crippen molar-refractivity contribution in [3.05, 3.63) is 41.6 Å². The van der Waals surface area contributed by atoms with Crippen molar-refractivity contribution in [2.75, 3.05) is 0 Å². The third-order valence-electron chi connectivity index (χ3n) is 2.95. The Labute approximate surface area is 102 Å². The third kappa shape index (κ3) is 2.21. The number of aromatic amines is 1. The lowest BCUT2D eigenvalue weighted by Gasteiger charge is -2.22. The zero-order valence-electron chi connectivity index (χ0n) is 10.8. The molecule has 2 N–H and O–H groups in total. The van der Waals surface area contributed by atoms with Gasteiger partial charge in [-0.1, -0.05) is 26.8 Å². The summed E-state index contributed by atoms with van der Waals surface area (Å²) in [6, 6.07) is 7.98. The fraction of sp³-hybridized carbons (Fsp3) is 0.333. The molecule has 1 aromatic heterocycles. The molecule has 0 atom stereocenters. The second kappa shape index (κ2) is 3.95. The van der Waals surface area contributed by atoms with E-state index in [1.54, 1.807) is 0 Å². The van der Waals surface area contributed by atoms with Gasteiger partial charge in [0.2, 0.25) is 0 Å². The highest BCUT2D eigenvalue weighted by Gasteiger charge is 2.21. The number of aryl methyl sites for hydroxylation is 1. The van der Waals surface area contributed by atoms with Crippen LogP contribution in [0.15, 0.2) is 30.5 Å². The summed E-state index contributed by atoms with van der Waals surface area (Å²) in [6.07, 6.45) is 1.87. The van der Waals surface area contributed by atoms with Gasteiger partial charge in [-0.05, 0) is 36.1 Å². The number of hydrogen-bond acceptors (Lipinski definition) is 1. The molecule has 0 amide bonds. The normalized spacial score (nSPS) is 11.8. The molecule has 2 nitrogen and oxygen atoms in total. The van der Waals surface area contributed by atoms with E-state index in [1.807, 2.05) is 24.4 Å². The summed E-state index contributed by atoms with van der Waals surface area (Å²) in [4.78, 5) is 3.14. The number of aromatic hydroxyl groups is 1. The fourth-order valence-electron chi connectivity index (χ4n) is 2.05. The average molecular weight is 229 g/mol. The topological polar surface area (TPSA) is 36.0 Å². The molecular weight excluding hydrogens is 210 g/mol. The van der Waals surface area contributed by atoms with Crippen LogP contribution in [-0.4, -0.2) is 10.1 Å². The molecule has 2 aromatic rings. The number of benzene rings is 1. The van der Waals surface area contributed by atoms with Crippen LogP contribution in [0, 0.1) is 6.92 Å². The van der Waals surface area contributed by atoms with E-state index in [1.165, 1.54) is 0 Å². The minimum atomic E-state index is -0.0581. The molecule has 0 unspecified atom stereocenters. The van der Waals surface area contributed by atoms with Crippen molar-refractivity contribution >= 4 is 0 Å². The van der Waals surface area contributed by atoms with Crippen LogP contribution < -0.4 is 0 Å². The first-order valence-corrected chi connectivity index (χ1v) is 5.87. The van der Waals surface area contributed by atoms with Crippen molar-refractivity contribution in [1.29, 1.82) is 0 Å². The van der Waals surface area contributed by atoms with Crippen molar-refractivity contribution in [2.24, 2.45) is 0 Å². The van der Waals surface area contributed by atoms with E-state index in [9.17, 15) is 5.11 Å². The fourth-order valence-corrected chi connectivity index (χ4v) is 2.05. The van der Waals surface area contributed by atoms with Gasteiger partial charge in [-0.2, -0.15) is 0 Å². The highest BCUT2D eigenvalue weighted by molar-refractivity contribution is 5.70. The number of phenolic OH excluding ortho intramolecular Hbond substituents is 1. The van der Waals surface area contributed by atoms with Crippen molar-refractivity contribution < 1.29 is 5.11 Å². The van der Waals surface area contributed by atoms with E-state index in [-0.39, 0.29) is 5.41 Å². The first kappa shape index (κ1) is 11.8. The van der Waals surface area contributed by atoms with Gasteiger partial charge in [0.15, 0.2) is 0 Å². The van der Waals surface area contributed by atoms with Gasteiger partial charge < -0.3 is 10.1 Å². The maximum Gasteiger partial charge on any atom is 0.128 e. The van der Waals surface area contributed by atoms with Gasteiger partial charge >= 0.3 is 0 Å². The molecule has 1 heterocycles. The zero-order chi connectivity index (χ0) is 12.6. The Kier molecular flexibility index (Phi) is 2.74. The van der Waals surface area contributed by atoms with Crippen LogP contribution in [0.1, 0.15) is 31.9 Å². The number of nitrogens with one attached hydrogen (secondary N) is 1. The number of aromatic nitrogens is 1. The maximum absolute atomic E-state index is 10.4. The van der Waals surface area contributed by atoms with Crippen LogP contribution in [-0.2, 0) is 5.41 Å². The summed E-state index contributed by atoms with van der Waals surface area (Å²) in [6.45, 7) is 8.39. The van der Waals surface area contributed by atoms with Crippen LogP contribution in [0.5, 0.6) is 5.75 Å². The van der Waals surface area contributed by atoms with E-state index < -0.39 is 0 Å². The summed E-state index contributed by atoms with van der Waals surface area (Å²) in [7, 11) is 0. The first-order valence-electron chi connectivity index (χ1n) is 5.87. The highest BCUT2D eigenvalue weighted by atomic mass is 16.3.